The van der Waals surface area contributed by atoms with Crippen LogP contribution < -0.4 is 5.32 Å². The number of benzene rings is 3. The van der Waals surface area contributed by atoms with Gasteiger partial charge in [0.25, 0.3) is 0 Å². The van der Waals surface area contributed by atoms with E-state index in [1.807, 2.05) is 48.5 Å². The summed E-state index contributed by atoms with van der Waals surface area (Å²) in [5.74, 6) is 1.06. The van der Waals surface area contributed by atoms with Gasteiger partial charge in [-0.05, 0) is 36.5 Å². The second-order valence-electron chi connectivity index (χ2n) is 9.68. The summed E-state index contributed by atoms with van der Waals surface area (Å²) in [5, 5.41) is 3.27. The van der Waals surface area contributed by atoms with E-state index in [0.717, 1.165) is 42.6 Å². The molecule has 1 N–H and O–H groups in total. The van der Waals surface area contributed by atoms with Crippen LogP contribution in [0.2, 0.25) is 0 Å². The van der Waals surface area contributed by atoms with E-state index in [1.54, 1.807) is 16.7 Å². The standard InChI is InChI=1S/C31H36N2O2S/c1-24-16-18-26(19-17-24)21-33(30(34)23-36-22-27-12-6-3-7-13-27)29(20-25-10-4-2-5-11-25)31(35)32-28-14-8-9-15-28/h2-7,10-13,16-19,28-29H,8-9,14-15,20-23H2,1H3,(H,32,35)/t29-/m0/s1. The molecule has 1 fully saturated rings. The summed E-state index contributed by atoms with van der Waals surface area (Å²) >= 11 is 1.60. The zero-order valence-corrected chi connectivity index (χ0v) is 21.9. The minimum atomic E-state index is -0.556. The smallest absolute Gasteiger partial charge is 0.243 e. The van der Waals surface area contributed by atoms with Crippen molar-refractivity contribution in [3.05, 3.63) is 107 Å². The largest absolute Gasteiger partial charge is 0.352 e. The topological polar surface area (TPSA) is 49.4 Å². The Hall–Kier alpha value is -3.05. The summed E-state index contributed by atoms with van der Waals surface area (Å²) in [6, 6.07) is 28.1. The molecule has 0 heterocycles. The Morgan fingerprint density at radius 2 is 1.47 bits per heavy atom. The molecule has 3 aromatic carbocycles. The third-order valence-electron chi connectivity index (χ3n) is 6.78. The van der Waals surface area contributed by atoms with Crippen molar-refractivity contribution in [3.63, 3.8) is 0 Å². The highest BCUT2D eigenvalue weighted by Crippen LogP contribution is 2.21. The van der Waals surface area contributed by atoms with Crippen molar-refractivity contribution in [2.24, 2.45) is 0 Å². The molecule has 5 heteroatoms. The number of rotatable bonds is 11. The van der Waals surface area contributed by atoms with Crippen LogP contribution >= 0.6 is 11.8 Å². The predicted molar refractivity (Wildman–Crippen MR) is 149 cm³/mol. The summed E-state index contributed by atoms with van der Waals surface area (Å²) < 4.78 is 0. The van der Waals surface area contributed by atoms with Crippen LogP contribution in [0.4, 0.5) is 0 Å². The van der Waals surface area contributed by atoms with Crippen LogP contribution in [-0.2, 0) is 28.3 Å². The summed E-state index contributed by atoms with van der Waals surface area (Å²) in [6.07, 6.45) is 4.83. The molecule has 0 spiro atoms. The molecular formula is C31H36N2O2S. The molecule has 3 aromatic rings. The number of hydrogen-bond donors (Lipinski definition) is 1. The molecule has 1 aliphatic rings. The van der Waals surface area contributed by atoms with Gasteiger partial charge in [-0.25, -0.2) is 0 Å². The quantitative estimate of drug-likeness (QED) is 0.355. The molecule has 0 unspecified atom stereocenters. The summed E-state index contributed by atoms with van der Waals surface area (Å²) in [4.78, 5) is 29.2. The van der Waals surface area contributed by atoms with Gasteiger partial charge in [-0.15, -0.1) is 11.8 Å². The number of amides is 2. The molecular weight excluding hydrogens is 464 g/mol. The average molecular weight is 501 g/mol. The second kappa shape index (κ2) is 13.3. The van der Waals surface area contributed by atoms with Crippen LogP contribution in [0.3, 0.4) is 0 Å². The molecule has 2 amide bonds. The van der Waals surface area contributed by atoms with E-state index in [0.29, 0.717) is 18.7 Å². The lowest BCUT2D eigenvalue weighted by Crippen LogP contribution is -2.52. The fraction of sp³-hybridized carbons (Fsp3) is 0.355. The number of thioether (sulfide) groups is 1. The zero-order chi connectivity index (χ0) is 25.2. The van der Waals surface area contributed by atoms with Crippen LogP contribution in [-0.4, -0.2) is 34.6 Å². The number of aryl methyl sites for hydroxylation is 1. The Kier molecular flexibility index (Phi) is 9.62. The predicted octanol–water partition coefficient (Wildman–Crippen LogP) is 5.93. The van der Waals surface area contributed by atoms with Gasteiger partial charge >= 0.3 is 0 Å². The minimum absolute atomic E-state index is 0.000917. The lowest BCUT2D eigenvalue weighted by molar-refractivity contribution is -0.139. The Labute approximate surface area is 219 Å². The SMILES string of the molecule is Cc1ccc(CN(C(=O)CSCc2ccccc2)[C@@H](Cc2ccccc2)C(=O)NC2CCCC2)cc1. The maximum Gasteiger partial charge on any atom is 0.243 e. The van der Waals surface area contributed by atoms with Gasteiger partial charge < -0.3 is 10.2 Å². The maximum absolute atomic E-state index is 13.7. The van der Waals surface area contributed by atoms with Gasteiger partial charge in [0, 0.05) is 24.8 Å². The molecule has 0 saturated heterocycles. The molecule has 1 saturated carbocycles. The van der Waals surface area contributed by atoms with E-state index in [2.05, 4.69) is 48.6 Å². The average Bonchev–Trinajstić information content (AvgIpc) is 3.41. The van der Waals surface area contributed by atoms with E-state index in [9.17, 15) is 9.59 Å². The first kappa shape index (κ1) is 26.0. The Morgan fingerprint density at radius 3 is 2.11 bits per heavy atom. The van der Waals surface area contributed by atoms with Crippen LogP contribution in [0.5, 0.6) is 0 Å². The van der Waals surface area contributed by atoms with E-state index in [1.165, 1.54) is 11.1 Å². The van der Waals surface area contributed by atoms with Crippen molar-refractivity contribution in [1.82, 2.24) is 10.2 Å². The van der Waals surface area contributed by atoms with E-state index in [4.69, 9.17) is 0 Å². The lowest BCUT2D eigenvalue weighted by Gasteiger charge is -2.32. The van der Waals surface area contributed by atoms with Gasteiger partial charge in [0.05, 0.1) is 5.75 Å². The molecule has 36 heavy (non-hydrogen) atoms. The van der Waals surface area contributed by atoms with Crippen molar-refractivity contribution in [2.45, 2.75) is 63.4 Å². The fourth-order valence-electron chi connectivity index (χ4n) is 4.73. The summed E-state index contributed by atoms with van der Waals surface area (Å²) in [7, 11) is 0. The first-order chi connectivity index (χ1) is 17.6. The highest BCUT2D eigenvalue weighted by atomic mass is 32.2. The van der Waals surface area contributed by atoms with Gasteiger partial charge in [0.1, 0.15) is 6.04 Å². The molecule has 0 aromatic heterocycles. The lowest BCUT2D eigenvalue weighted by atomic mass is 10.0. The molecule has 4 rings (SSSR count). The third-order valence-corrected chi connectivity index (χ3v) is 7.77. The molecule has 0 bridgehead atoms. The van der Waals surface area contributed by atoms with Crippen molar-refractivity contribution in [3.8, 4) is 0 Å². The molecule has 0 radical (unpaired) electrons. The highest BCUT2D eigenvalue weighted by Gasteiger charge is 2.32. The first-order valence-electron chi connectivity index (χ1n) is 12.9. The number of carbonyl (C=O) groups is 2. The van der Waals surface area contributed by atoms with Gasteiger partial charge in [0.15, 0.2) is 0 Å². The number of carbonyl (C=O) groups excluding carboxylic acids is 2. The van der Waals surface area contributed by atoms with Gasteiger partial charge in [-0.2, -0.15) is 0 Å². The van der Waals surface area contributed by atoms with E-state index < -0.39 is 6.04 Å². The highest BCUT2D eigenvalue weighted by molar-refractivity contribution is 7.99. The molecule has 188 valence electrons. The van der Waals surface area contributed by atoms with Crippen molar-refractivity contribution >= 4 is 23.6 Å². The maximum atomic E-state index is 13.7. The number of nitrogens with zero attached hydrogens (tertiary/aromatic N) is 1. The second-order valence-corrected chi connectivity index (χ2v) is 10.7. The fourth-order valence-corrected chi connectivity index (χ4v) is 5.60. The molecule has 4 nitrogen and oxygen atoms in total. The van der Waals surface area contributed by atoms with Crippen LogP contribution in [0.1, 0.15) is 47.9 Å². The Balaban J connectivity index is 1.56. The van der Waals surface area contributed by atoms with Crippen molar-refractivity contribution in [1.29, 1.82) is 0 Å². The zero-order valence-electron chi connectivity index (χ0n) is 21.1. The van der Waals surface area contributed by atoms with Crippen molar-refractivity contribution in [2.75, 3.05) is 5.75 Å². The summed E-state index contributed by atoms with van der Waals surface area (Å²) in [6.45, 7) is 2.47. The first-order valence-corrected chi connectivity index (χ1v) is 14.0. The van der Waals surface area contributed by atoms with Crippen molar-refractivity contribution < 1.29 is 9.59 Å². The van der Waals surface area contributed by atoms with E-state index in [-0.39, 0.29) is 17.9 Å². The Morgan fingerprint density at radius 1 is 0.861 bits per heavy atom. The van der Waals surface area contributed by atoms with E-state index >= 15 is 0 Å². The minimum Gasteiger partial charge on any atom is -0.352 e. The monoisotopic (exact) mass is 500 g/mol. The number of nitrogens with one attached hydrogen (secondary N) is 1. The van der Waals surface area contributed by atoms with Gasteiger partial charge in [-0.1, -0.05) is 103 Å². The third kappa shape index (κ3) is 7.72. The van der Waals surface area contributed by atoms with Crippen LogP contribution in [0.15, 0.2) is 84.9 Å². The molecule has 1 aliphatic carbocycles. The van der Waals surface area contributed by atoms with Crippen LogP contribution in [0.25, 0.3) is 0 Å². The molecule has 1 atom stereocenters. The Bertz CT molecular complexity index is 1100. The van der Waals surface area contributed by atoms with Gasteiger partial charge in [-0.3, -0.25) is 9.59 Å². The summed E-state index contributed by atoms with van der Waals surface area (Å²) in [5.41, 5.74) is 4.46. The molecule has 0 aliphatic heterocycles. The van der Waals surface area contributed by atoms with Crippen LogP contribution in [0, 0.1) is 6.92 Å². The normalized spacial score (nSPS) is 14.4. The van der Waals surface area contributed by atoms with Gasteiger partial charge in [0.2, 0.25) is 11.8 Å². The number of hydrogen-bond acceptors (Lipinski definition) is 3.